The molecule has 0 aliphatic heterocycles. The monoisotopic (exact) mass is 302 g/mol. The lowest BCUT2D eigenvalue weighted by Gasteiger charge is -2.12. The van der Waals surface area contributed by atoms with Gasteiger partial charge in [0, 0.05) is 10.6 Å². The highest BCUT2D eigenvalue weighted by Crippen LogP contribution is 2.16. The van der Waals surface area contributed by atoms with Gasteiger partial charge in [-0.25, -0.2) is 0 Å². The van der Waals surface area contributed by atoms with Gasteiger partial charge >= 0.3 is 5.97 Å². The number of halogens is 1. The van der Waals surface area contributed by atoms with Crippen molar-refractivity contribution >= 4 is 23.4 Å². The van der Waals surface area contributed by atoms with E-state index >= 15 is 0 Å². The van der Waals surface area contributed by atoms with Gasteiger partial charge in [-0.05, 0) is 18.6 Å². The van der Waals surface area contributed by atoms with Crippen molar-refractivity contribution in [1.29, 1.82) is 0 Å². The predicted molar refractivity (Wildman–Crippen MR) is 81.5 cm³/mol. The minimum Gasteiger partial charge on any atom is -0.454 e. The zero-order chi connectivity index (χ0) is 15.2. The van der Waals surface area contributed by atoms with Gasteiger partial charge in [0.05, 0.1) is 6.42 Å². The van der Waals surface area contributed by atoms with E-state index in [0.29, 0.717) is 16.1 Å². The number of hydrogen-bond donors (Lipinski definition) is 0. The molecule has 0 aliphatic rings. The molecule has 21 heavy (non-hydrogen) atoms. The first kappa shape index (κ1) is 15.3. The minimum absolute atomic E-state index is 0.0477. The van der Waals surface area contributed by atoms with Crippen LogP contribution in [0.15, 0.2) is 54.6 Å². The summed E-state index contributed by atoms with van der Waals surface area (Å²) in [5.74, 6) is -0.692. The first-order valence-corrected chi connectivity index (χ1v) is 6.98. The number of carbonyl (C=O) groups is 2. The second-order valence-corrected chi connectivity index (χ2v) is 5.04. The maximum atomic E-state index is 12.1. The van der Waals surface area contributed by atoms with E-state index in [0.717, 1.165) is 0 Å². The number of ketones is 1. The van der Waals surface area contributed by atoms with Crippen molar-refractivity contribution in [3.63, 3.8) is 0 Å². The Morgan fingerprint density at radius 2 is 1.67 bits per heavy atom. The molecule has 3 nitrogen and oxygen atoms in total. The van der Waals surface area contributed by atoms with Crippen molar-refractivity contribution < 1.29 is 14.3 Å². The maximum Gasteiger partial charge on any atom is 0.311 e. The molecule has 2 rings (SSSR count). The van der Waals surface area contributed by atoms with Crippen LogP contribution in [0.5, 0.6) is 0 Å². The highest BCUT2D eigenvalue weighted by atomic mass is 35.5. The van der Waals surface area contributed by atoms with Gasteiger partial charge in [-0.15, -0.1) is 0 Å². The van der Waals surface area contributed by atoms with Crippen LogP contribution in [0.25, 0.3) is 0 Å². The quantitative estimate of drug-likeness (QED) is 0.625. The molecule has 0 amide bonds. The Hall–Kier alpha value is -2.13. The molecule has 2 aromatic carbocycles. The SMILES string of the molecule is CC(OC(=O)Cc1ccccc1Cl)C(=O)c1ccccc1. The van der Waals surface area contributed by atoms with Crippen LogP contribution >= 0.6 is 11.6 Å². The molecule has 1 atom stereocenters. The minimum atomic E-state index is -0.817. The average molecular weight is 303 g/mol. The van der Waals surface area contributed by atoms with Gasteiger partial charge in [0.15, 0.2) is 6.10 Å². The molecule has 0 bridgehead atoms. The summed E-state index contributed by atoms with van der Waals surface area (Å²) in [7, 11) is 0. The van der Waals surface area contributed by atoms with Gasteiger partial charge < -0.3 is 4.74 Å². The number of rotatable bonds is 5. The van der Waals surface area contributed by atoms with Gasteiger partial charge in [0.1, 0.15) is 0 Å². The Balaban J connectivity index is 1.97. The molecule has 0 fully saturated rings. The van der Waals surface area contributed by atoms with Crippen molar-refractivity contribution in [1.82, 2.24) is 0 Å². The number of esters is 1. The summed E-state index contributed by atoms with van der Waals surface area (Å²) < 4.78 is 5.18. The molecule has 2 aromatic rings. The van der Waals surface area contributed by atoms with Crippen LogP contribution in [0.1, 0.15) is 22.8 Å². The Morgan fingerprint density at radius 3 is 2.33 bits per heavy atom. The van der Waals surface area contributed by atoms with Crippen LogP contribution in [0, 0.1) is 0 Å². The molecule has 0 aliphatic carbocycles. The summed E-state index contributed by atoms with van der Waals surface area (Å²) in [5.41, 5.74) is 1.21. The third kappa shape index (κ3) is 4.17. The number of hydrogen-bond acceptors (Lipinski definition) is 3. The first-order valence-electron chi connectivity index (χ1n) is 6.60. The van der Waals surface area contributed by atoms with Crippen molar-refractivity contribution in [3.8, 4) is 0 Å². The smallest absolute Gasteiger partial charge is 0.311 e. The van der Waals surface area contributed by atoms with E-state index in [1.54, 1.807) is 55.5 Å². The average Bonchev–Trinajstić information content (AvgIpc) is 2.49. The van der Waals surface area contributed by atoms with Gasteiger partial charge in [0.2, 0.25) is 5.78 Å². The highest BCUT2D eigenvalue weighted by Gasteiger charge is 2.19. The third-order valence-corrected chi connectivity index (χ3v) is 3.40. The second kappa shape index (κ2) is 7.04. The topological polar surface area (TPSA) is 43.4 Å². The zero-order valence-corrected chi connectivity index (χ0v) is 12.3. The van der Waals surface area contributed by atoms with E-state index in [-0.39, 0.29) is 12.2 Å². The predicted octanol–water partition coefficient (Wildman–Crippen LogP) is 3.70. The lowest BCUT2D eigenvalue weighted by Crippen LogP contribution is -2.25. The van der Waals surface area contributed by atoms with Gasteiger partial charge in [0.25, 0.3) is 0 Å². The zero-order valence-electron chi connectivity index (χ0n) is 11.6. The lowest BCUT2D eigenvalue weighted by molar-refractivity contribution is -0.145. The molecule has 108 valence electrons. The summed E-state index contributed by atoms with van der Waals surface area (Å²) in [4.78, 5) is 24.0. The van der Waals surface area contributed by atoms with E-state index in [1.807, 2.05) is 6.07 Å². The summed E-state index contributed by atoms with van der Waals surface area (Å²) >= 11 is 5.99. The fourth-order valence-corrected chi connectivity index (χ4v) is 2.13. The van der Waals surface area contributed by atoms with E-state index in [1.165, 1.54) is 0 Å². The molecule has 0 radical (unpaired) electrons. The van der Waals surface area contributed by atoms with Gasteiger partial charge in [-0.2, -0.15) is 0 Å². The Kier molecular flexibility index (Phi) is 5.12. The van der Waals surface area contributed by atoms with E-state index in [4.69, 9.17) is 16.3 Å². The fourth-order valence-electron chi connectivity index (χ4n) is 1.93. The molecule has 0 heterocycles. The molecule has 1 unspecified atom stereocenters. The Bertz CT molecular complexity index is 637. The van der Waals surface area contributed by atoms with Gasteiger partial charge in [-0.3, -0.25) is 9.59 Å². The molecule has 0 spiro atoms. The lowest BCUT2D eigenvalue weighted by atomic mass is 10.1. The largest absolute Gasteiger partial charge is 0.454 e. The van der Waals surface area contributed by atoms with E-state index < -0.39 is 12.1 Å². The fraction of sp³-hybridized carbons (Fsp3) is 0.176. The molecular formula is C17H15ClO3. The van der Waals surface area contributed by atoms with Crippen LogP contribution in [0.2, 0.25) is 5.02 Å². The summed E-state index contributed by atoms with van der Waals surface area (Å²) in [6, 6.07) is 15.8. The maximum absolute atomic E-state index is 12.1. The highest BCUT2D eigenvalue weighted by molar-refractivity contribution is 6.31. The van der Waals surface area contributed by atoms with Gasteiger partial charge in [-0.1, -0.05) is 60.1 Å². The van der Waals surface area contributed by atoms with Crippen LogP contribution in [-0.2, 0) is 16.0 Å². The van der Waals surface area contributed by atoms with Crippen LogP contribution in [0.3, 0.4) is 0 Å². The van der Waals surface area contributed by atoms with E-state index in [9.17, 15) is 9.59 Å². The molecule has 0 saturated heterocycles. The number of benzene rings is 2. The summed E-state index contributed by atoms with van der Waals surface area (Å²) in [6.07, 6.45) is -0.770. The molecule has 4 heteroatoms. The van der Waals surface area contributed by atoms with E-state index in [2.05, 4.69) is 0 Å². The molecular weight excluding hydrogens is 288 g/mol. The van der Waals surface area contributed by atoms with Crippen LogP contribution < -0.4 is 0 Å². The van der Waals surface area contributed by atoms with Crippen molar-refractivity contribution in [2.75, 3.05) is 0 Å². The number of carbonyl (C=O) groups excluding carboxylic acids is 2. The molecule has 0 saturated carbocycles. The molecule has 0 N–H and O–H groups in total. The Morgan fingerprint density at radius 1 is 1.05 bits per heavy atom. The van der Waals surface area contributed by atoms with Crippen molar-refractivity contribution in [3.05, 3.63) is 70.7 Å². The van der Waals surface area contributed by atoms with Crippen molar-refractivity contribution in [2.24, 2.45) is 0 Å². The number of ether oxygens (including phenoxy) is 1. The first-order chi connectivity index (χ1) is 10.1. The second-order valence-electron chi connectivity index (χ2n) is 4.63. The van der Waals surface area contributed by atoms with Crippen LogP contribution in [-0.4, -0.2) is 17.9 Å². The molecule has 0 aromatic heterocycles. The summed E-state index contributed by atoms with van der Waals surface area (Å²) in [5, 5.41) is 0.511. The Labute approximate surface area is 128 Å². The third-order valence-electron chi connectivity index (χ3n) is 3.03. The number of Topliss-reactive ketones (excluding diaryl/α,β-unsaturated/α-hetero) is 1. The van der Waals surface area contributed by atoms with Crippen LogP contribution in [0.4, 0.5) is 0 Å². The standard InChI is InChI=1S/C17H15ClO3/c1-12(17(20)13-7-3-2-4-8-13)21-16(19)11-14-9-5-6-10-15(14)18/h2-10,12H,11H2,1H3. The summed E-state index contributed by atoms with van der Waals surface area (Å²) in [6.45, 7) is 1.57. The normalized spacial score (nSPS) is 11.7. The van der Waals surface area contributed by atoms with Crippen molar-refractivity contribution in [2.45, 2.75) is 19.4 Å².